The normalized spacial score (nSPS) is 13.0. The molecule has 0 saturated heterocycles. The second-order valence-electron chi connectivity index (χ2n) is 7.06. The maximum absolute atomic E-state index is 13.0. The van der Waals surface area contributed by atoms with E-state index in [-0.39, 0.29) is 24.4 Å². The van der Waals surface area contributed by atoms with Gasteiger partial charge in [-0.05, 0) is 49.3 Å². The molecule has 0 unspecified atom stereocenters. The summed E-state index contributed by atoms with van der Waals surface area (Å²) in [6, 6.07) is 10.3. The number of likely N-dealkylation sites (N-methyl/N-ethyl adjacent to an activating group) is 1. The fourth-order valence-corrected chi connectivity index (χ4v) is 3.42. The standard InChI is InChI=1S/C22H30ClN5O2/c1-4-28(5-2)15(3)21(29)27-14-19(17-7-6-8-18(23)11-17)22(30)26-13-16-9-10-20(24)25-12-16/h6-12,15,19H,4-5,13-14H2,1-3H3,(H2,24,25)(H,26,30)(H,27,29)/t15-,19-/m0/s1. The van der Waals surface area contributed by atoms with Crippen molar-refractivity contribution in [2.75, 3.05) is 25.4 Å². The number of nitrogens with zero attached hydrogens (tertiary/aromatic N) is 2. The van der Waals surface area contributed by atoms with Crippen molar-refractivity contribution in [2.45, 2.75) is 39.3 Å². The summed E-state index contributed by atoms with van der Waals surface area (Å²) >= 11 is 6.13. The third kappa shape index (κ3) is 6.71. The number of rotatable bonds is 10. The zero-order valence-corrected chi connectivity index (χ0v) is 18.4. The third-order valence-electron chi connectivity index (χ3n) is 5.10. The second-order valence-corrected chi connectivity index (χ2v) is 7.50. The summed E-state index contributed by atoms with van der Waals surface area (Å²) in [5, 5.41) is 6.37. The van der Waals surface area contributed by atoms with Crippen molar-refractivity contribution in [3.05, 3.63) is 58.7 Å². The van der Waals surface area contributed by atoms with Gasteiger partial charge in [-0.3, -0.25) is 14.5 Å². The molecule has 0 radical (unpaired) electrons. The first-order chi connectivity index (χ1) is 14.3. The summed E-state index contributed by atoms with van der Waals surface area (Å²) in [7, 11) is 0. The quantitative estimate of drug-likeness (QED) is 0.536. The molecule has 0 fully saturated rings. The van der Waals surface area contributed by atoms with Gasteiger partial charge in [0.15, 0.2) is 0 Å². The van der Waals surface area contributed by atoms with Gasteiger partial charge in [-0.25, -0.2) is 4.98 Å². The molecule has 0 spiro atoms. The van der Waals surface area contributed by atoms with Gasteiger partial charge in [0.25, 0.3) is 0 Å². The van der Waals surface area contributed by atoms with Gasteiger partial charge >= 0.3 is 0 Å². The summed E-state index contributed by atoms with van der Waals surface area (Å²) in [6.45, 7) is 7.94. The highest BCUT2D eigenvalue weighted by atomic mass is 35.5. The highest BCUT2D eigenvalue weighted by Crippen LogP contribution is 2.20. The Hall–Kier alpha value is -2.64. The van der Waals surface area contributed by atoms with Crippen LogP contribution < -0.4 is 16.4 Å². The highest BCUT2D eigenvalue weighted by molar-refractivity contribution is 6.30. The average Bonchev–Trinajstić information content (AvgIpc) is 2.74. The molecule has 0 aliphatic carbocycles. The van der Waals surface area contributed by atoms with Gasteiger partial charge < -0.3 is 16.4 Å². The molecule has 1 heterocycles. The van der Waals surface area contributed by atoms with Gasteiger partial charge in [-0.15, -0.1) is 0 Å². The van der Waals surface area contributed by atoms with Crippen LogP contribution in [0.4, 0.5) is 5.82 Å². The number of anilines is 1. The fourth-order valence-electron chi connectivity index (χ4n) is 3.23. The SMILES string of the molecule is CCN(CC)[C@@H](C)C(=O)NC[C@H](C(=O)NCc1ccc(N)nc1)c1cccc(Cl)c1. The Kier molecular flexibility index (Phi) is 9.08. The van der Waals surface area contributed by atoms with E-state index in [1.165, 1.54) is 0 Å². The third-order valence-corrected chi connectivity index (χ3v) is 5.34. The predicted octanol–water partition coefficient (Wildman–Crippen LogP) is 2.56. The first-order valence-electron chi connectivity index (χ1n) is 10.1. The number of carbonyl (C=O) groups excluding carboxylic acids is 2. The van der Waals surface area contributed by atoms with Crippen molar-refractivity contribution in [1.29, 1.82) is 0 Å². The molecule has 2 aromatic rings. The van der Waals surface area contributed by atoms with Gasteiger partial charge in [-0.1, -0.05) is 43.6 Å². The van der Waals surface area contributed by atoms with E-state index >= 15 is 0 Å². The van der Waals surface area contributed by atoms with Gasteiger partial charge in [0.2, 0.25) is 11.8 Å². The van der Waals surface area contributed by atoms with Crippen LogP contribution in [0.2, 0.25) is 5.02 Å². The van der Waals surface area contributed by atoms with Gasteiger partial charge in [0.05, 0.1) is 12.0 Å². The maximum atomic E-state index is 13.0. The minimum Gasteiger partial charge on any atom is -0.384 e. The van der Waals surface area contributed by atoms with Crippen LogP contribution in [0.15, 0.2) is 42.6 Å². The Balaban J connectivity index is 2.09. The Labute approximate surface area is 183 Å². The Morgan fingerprint density at radius 2 is 1.87 bits per heavy atom. The molecule has 4 N–H and O–H groups in total. The molecule has 7 nitrogen and oxygen atoms in total. The summed E-state index contributed by atoms with van der Waals surface area (Å²) in [4.78, 5) is 31.7. The minimum absolute atomic E-state index is 0.110. The summed E-state index contributed by atoms with van der Waals surface area (Å²) in [5.74, 6) is -0.462. The molecule has 1 aromatic heterocycles. The molecule has 2 amide bonds. The zero-order valence-electron chi connectivity index (χ0n) is 17.7. The van der Waals surface area contributed by atoms with Gasteiger partial charge in [-0.2, -0.15) is 0 Å². The van der Waals surface area contributed by atoms with E-state index in [4.69, 9.17) is 17.3 Å². The number of nitrogens with one attached hydrogen (secondary N) is 2. The lowest BCUT2D eigenvalue weighted by Crippen LogP contribution is -2.47. The van der Waals surface area contributed by atoms with Crippen LogP contribution in [-0.4, -0.2) is 47.4 Å². The smallest absolute Gasteiger partial charge is 0.237 e. The number of carbonyl (C=O) groups is 2. The average molecular weight is 432 g/mol. The molecular formula is C22H30ClN5O2. The number of amides is 2. The maximum Gasteiger partial charge on any atom is 0.237 e. The Morgan fingerprint density at radius 1 is 1.13 bits per heavy atom. The number of benzene rings is 1. The molecule has 0 bridgehead atoms. The van der Waals surface area contributed by atoms with E-state index in [1.807, 2.05) is 32.9 Å². The number of pyridine rings is 1. The lowest BCUT2D eigenvalue weighted by Gasteiger charge is -2.26. The van der Waals surface area contributed by atoms with Gasteiger partial charge in [0, 0.05) is 24.3 Å². The fraction of sp³-hybridized carbons (Fsp3) is 0.409. The van der Waals surface area contributed by atoms with E-state index in [0.29, 0.717) is 17.4 Å². The number of nitrogen functional groups attached to an aromatic ring is 1. The van der Waals surface area contributed by atoms with Crippen molar-refractivity contribution in [1.82, 2.24) is 20.5 Å². The zero-order chi connectivity index (χ0) is 22.1. The van der Waals surface area contributed by atoms with Crippen LogP contribution in [0.5, 0.6) is 0 Å². The van der Waals surface area contributed by atoms with Crippen LogP contribution in [0.1, 0.15) is 37.8 Å². The van der Waals surface area contributed by atoms with Crippen molar-refractivity contribution >= 4 is 29.2 Å². The highest BCUT2D eigenvalue weighted by Gasteiger charge is 2.24. The molecule has 30 heavy (non-hydrogen) atoms. The lowest BCUT2D eigenvalue weighted by atomic mass is 9.97. The number of nitrogens with two attached hydrogens (primary N) is 1. The largest absolute Gasteiger partial charge is 0.384 e. The summed E-state index contributed by atoms with van der Waals surface area (Å²) < 4.78 is 0. The van der Waals surface area contributed by atoms with E-state index in [9.17, 15) is 9.59 Å². The van der Waals surface area contributed by atoms with E-state index < -0.39 is 5.92 Å². The molecule has 2 rings (SSSR count). The number of halogens is 1. The first kappa shape index (κ1) is 23.6. The molecule has 8 heteroatoms. The van der Waals surface area contributed by atoms with E-state index in [2.05, 4.69) is 20.5 Å². The van der Waals surface area contributed by atoms with Crippen LogP contribution in [0.25, 0.3) is 0 Å². The molecule has 2 atom stereocenters. The molecule has 0 aliphatic rings. The molecule has 162 valence electrons. The predicted molar refractivity (Wildman–Crippen MR) is 120 cm³/mol. The van der Waals surface area contributed by atoms with Crippen molar-refractivity contribution in [3.63, 3.8) is 0 Å². The van der Waals surface area contributed by atoms with Crippen LogP contribution in [0.3, 0.4) is 0 Å². The van der Waals surface area contributed by atoms with Crippen molar-refractivity contribution < 1.29 is 9.59 Å². The summed E-state index contributed by atoms with van der Waals surface area (Å²) in [6.07, 6.45) is 1.62. The molecular weight excluding hydrogens is 402 g/mol. The molecule has 0 aliphatic heterocycles. The first-order valence-corrected chi connectivity index (χ1v) is 10.5. The van der Waals surface area contributed by atoms with E-state index in [1.54, 1.807) is 30.5 Å². The molecule has 0 saturated carbocycles. The monoisotopic (exact) mass is 431 g/mol. The van der Waals surface area contributed by atoms with Gasteiger partial charge in [0.1, 0.15) is 5.82 Å². The Bertz CT molecular complexity index is 840. The van der Waals surface area contributed by atoms with Crippen molar-refractivity contribution in [2.24, 2.45) is 0 Å². The van der Waals surface area contributed by atoms with E-state index in [0.717, 1.165) is 24.2 Å². The minimum atomic E-state index is -0.571. The van der Waals surface area contributed by atoms with Crippen LogP contribution in [-0.2, 0) is 16.1 Å². The number of aromatic nitrogens is 1. The summed E-state index contributed by atoms with van der Waals surface area (Å²) in [5.41, 5.74) is 7.18. The van der Waals surface area contributed by atoms with Crippen molar-refractivity contribution in [3.8, 4) is 0 Å². The topological polar surface area (TPSA) is 100 Å². The molecule has 1 aromatic carbocycles. The lowest BCUT2D eigenvalue weighted by molar-refractivity contribution is -0.126. The second kappa shape index (κ2) is 11.5. The number of hydrogen-bond acceptors (Lipinski definition) is 5. The number of hydrogen-bond donors (Lipinski definition) is 3. The van der Waals surface area contributed by atoms with Crippen LogP contribution >= 0.6 is 11.6 Å². The van der Waals surface area contributed by atoms with Crippen LogP contribution in [0, 0.1) is 0 Å². The Morgan fingerprint density at radius 3 is 2.47 bits per heavy atom.